The SMILES string of the molecule is Cn1cc(CCC(=O)NCCC2=CCCCC2)c2ccccc21. The maximum atomic E-state index is 12.1. The largest absolute Gasteiger partial charge is 0.356 e. The van der Waals surface area contributed by atoms with Crippen LogP contribution >= 0.6 is 0 Å². The third-order valence-corrected chi connectivity index (χ3v) is 4.75. The van der Waals surface area contributed by atoms with E-state index in [4.69, 9.17) is 0 Å². The number of rotatable bonds is 6. The first kappa shape index (κ1) is 15.9. The van der Waals surface area contributed by atoms with E-state index in [2.05, 4.69) is 53.5 Å². The molecule has 0 bridgehead atoms. The molecule has 3 heteroatoms. The van der Waals surface area contributed by atoms with Crippen molar-refractivity contribution in [1.82, 2.24) is 9.88 Å². The molecule has 3 nitrogen and oxygen atoms in total. The Bertz CT molecular complexity index is 712. The molecule has 3 rings (SSSR count). The lowest BCUT2D eigenvalue weighted by Crippen LogP contribution is -2.25. The lowest BCUT2D eigenvalue weighted by atomic mass is 9.97. The summed E-state index contributed by atoms with van der Waals surface area (Å²) >= 11 is 0. The molecule has 0 radical (unpaired) electrons. The van der Waals surface area contributed by atoms with Crippen LogP contribution in [0.3, 0.4) is 0 Å². The number of aryl methyl sites for hydroxylation is 2. The van der Waals surface area contributed by atoms with Crippen molar-refractivity contribution in [2.75, 3.05) is 6.54 Å². The Kier molecular flexibility index (Phi) is 5.16. The number of nitrogens with one attached hydrogen (secondary N) is 1. The number of fused-ring (bicyclic) bond motifs is 1. The zero-order valence-electron chi connectivity index (χ0n) is 14.0. The van der Waals surface area contributed by atoms with Gasteiger partial charge in [-0.3, -0.25) is 4.79 Å². The first-order chi connectivity index (χ1) is 11.2. The van der Waals surface area contributed by atoms with Gasteiger partial charge in [0.15, 0.2) is 0 Å². The minimum atomic E-state index is 0.161. The summed E-state index contributed by atoms with van der Waals surface area (Å²) in [7, 11) is 2.06. The van der Waals surface area contributed by atoms with Crippen molar-refractivity contribution in [3.63, 3.8) is 0 Å². The zero-order valence-corrected chi connectivity index (χ0v) is 14.0. The molecule has 1 heterocycles. The van der Waals surface area contributed by atoms with Crippen LogP contribution < -0.4 is 5.32 Å². The number of aromatic nitrogens is 1. The first-order valence-electron chi connectivity index (χ1n) is 8.71. The maximum absolute atomic E-state index is 12.1. The molecule has 1 N–H and O–H groups in total. The van der Waals surface area contributed by atoms with Crippen molar-refractivity contribution >= 4 is 16.8 Å². The minimum Gasteiger partial charge on any atom is -0.356 e. The molecule has 1 amide bonds. The predicted octanol–water partition coefficient (Wildman–Crippen LogP) is 4.12. The monoisotopic (exact) mass is 310 g/mol. The highest BCUT2D eigenvalue weighted by atomic mass is 16.1. The van der Waals surface area contributed by atoms with E-state index in [1.54, 1.807) is 0 Å². The second kappa shape index (κ2) is 7.49. The van der Waals surface area contributed by atoms with Gasteiger partial charge in [-0.2, -0.15) is 0 Å². The van der Waals surface area contributed by atoms with Crippen LogP contribution in [0.4, 0.5) is 0 Å². The number of amides is 1. The molecule has 0 aliphatic heterocycles. The Morgan fingerprint density at radius 1 is 1.22 bits per heavy atom. The lowest BCUT2D eigenvalue weighted by Gasteiger charge is -2.12. The fourth-order valence-corrected chi connectivity index (χ4v) is 3.46. The van der Waals surface area contributed by atoms with Crippen LogP contribution in [0.5, 0.6) is 0 Å². The van der Waals surface area contributed by atoms with Gasteiger partial charge in [-0.1, -0.05) is 29.8 Å². The van der Waals surface area contributed by atoms with Gasteiger partial charge < -0.3 is 9.88 Å². The van der Waals surface area contributed by atoms with E-state index in [0.29, 0.717) is 6.42 Å². The molecule has 1 aliphatic carbocycles. The fraction of sp³-hybridized carbons (Fsp3) is 0.450. The van der Waals surface area contributed by atoms with Gasteiger partial charge in [0, 0.05) is 37.1 Å². The molecule has 0 spiro atoms. The summed E-state index contributed by atoms with van der Waals surface area (Å²) < 4.78 is 2.14. The van der Waals surface area contributed by atoms with Crippen LogP contribution in [-0.2, 0) is 18.3 Å². The van der Waals surface area contributed by atoms with Crippen LogP contribution in [-0.4, -0.2) is 17.0 Å². The van der Waals surface area contributed by atoms with Gasteiger partial charge in [-0.15, -0.1) is 0 Å². The zero-order chi connectivity index (χ0) is 16.1. The van der Waals surface area contributed by atoms with E-state index in [1.807, 2.05) is 0 Å². The fourth-order valence-electron chi connectivity index (χ4n) is 3.46. The second-order valence-corrected chi connectivity index (χ2v) is 6.49. The summed E-state index contributed by atoms with van der Waals surface area (Å²) in [5.41, 5.74) is 4.01. The molecule has 1 aliphatic rings. The molecule has 0 atom stereocenters. The number of hydrogen-bond donors (Lipinski definition) is 1. The van der Waals surface area contributed by atoms with Gasteiger partial charge in [0.2, 0.25) is 5.91 Å². The standard InChI is InChI=1S/C20H26N2O/c1-22-15-17(18-9-5-6-10-19(18)22)11-12-20(23)21-14-13-16-7-3-2-4-8-16/h5-7,9-10,15H,2-4,8,11-14H2,1H3,(H,21,23). The molecular formula is C20H26N2O. The summed E-state index contributed by atoms with van der Waals surface area (Å²) in [6.07, 6.45) is 11.9. The number of carbonyl (C=O) groups excluding carboxylic acids is 1. The molecule has 1 aromatic carbocycles. The normalized spacial score (nSPS) is 14.7. The third-order valence-electron chi connectivity index (χ3n) is 4.75. The van der Waals surface area contributed by atoms with Crippen molar-refractivity contribution in [3.8, 4) is 0 Å². The Labute approximate surface area is 138 Å². The van der Waals surface area contributed by atoms with E-state index in [-0.39, 0.29) is 5.91 Å². The predicted molar refractivity (Wildman–Crippen MR) is 95.4 cm³/mol. The molecule has 1 aromatic heterocycles. The van der Waals surface area contributed by atoms with Crippen LogP contribution in [0.2, 0.25) is 0 Å². The molecule has 0 saturated heterocycles. The van der Waals surface area contributed by atoms with Gasteiger partial charge in [0.05, 0.1) is 0 Å². The molecule has 0 unspecified atom stereocenters. The van der Waals surface area contributed by atoms with Gasteiger partial charge in [0.1, 0.15) is 0 Å². The number of nitrogens with zero attached hydrogens (tertiary/aromatic N) is 1. The average molecular weight is 310 g/mol. The summed E-state index contributed by atoms with van der Waals surface area (Å²) in [5.74, 6) is 0.161. The smallest absolute Gasteiger partial charge is 0.220 e. The van der Waals surface area contributed by atoms with Gasteiger partial charge in [0.25, 0.3) is 0 Å². The second-order valence-electron chi connectivity index (χ2n) is 6.49. The maximum Gasteiger partial charge on any atom is 0.220 e. The third kappa shape index (κ3) is 4.04. The Hall–Kier alpha value is -2.03. The van der Waals surface area contributed by atoms with E-state index < -0.39 is 0 Å². The van der Waals surface area contributed by atoms with Crippen molar-refractivity contribution in [3.05, 3.63) is 47.7 Å². The summed E-state index contributed by atoms with van der Waals surface area (Å²) in [6, 6.07) is 8.37. The van der Waals surface area contributed by atoms with Crippen LogP contribution in [0.15, 0.2) is 42.1 Å². The van der Waals surface area contributed by atoms with E-state index in [1.165, 1.54) is 47.7 Å². The van der Waals surface area contributed by atoms with E-state index >= 15 is 0 Å². The van der Waals surface area contributed by atoms with Crippen LogP contribution in [0, 0.1) is 0 Å². The summed E-state index contributed by atoms with van der Waals surface area (Å²) in [4.78, 5) is 12.1. The Morgan fingerprint density at radius 3 is 2.91 bits per heavy atom. The number of hydrogen-bond acceptors (Lipinski definition) is 1. The molecule has 0 saturated carbocycles. The molecule has 0 fully saturated rings. The van der Waals surface area contributed by atoms with Crippen molar-refractivity contribution in [2.45, 2.75) is 44.9 Å². The number of allylic oxidation sites excluding steroid dienone is 1. The first-order valence-corrected chi connectivity index (χ1v) is 8.71. The molecular weight excluding hydrogens is 284 g/mol. The van der Waals surface area contributed by atoms with E-state index in [0.717, 1.165) is 19.4 Å². The minimum absolute atomic E-state index is 0.161. The summed E-state index contributed by atoms with van der Waals surface area (Å²) in [5, 5.41) is 4.33. The molecule has 23 heavy (non-hydrogen) atoms. The number of para-hydroxylation sites is 1. The van der Waals surface area contributed by atoms with E-state index in [9.17, 15) is 4.79 Å². The van der Waals surface area contributed by atoms with Crippen LogP contribution in [0.1, 0.15) is 44.1 Å². The molecule has 122 valence electrons. The van der Waals surface area contributed by atoms with Crippen molar-refractivity contribution in [1.29, 1.82) is 0 Å². The summed E-state index contributed by atoms with van der Waals surface area (Å²) in [6.45, 7) is 0.778. The highest BCUT2D eigenvalue weighted by molar-refractivity contribution is 5.84. The highest BCUT2D eigenvalue weighted by Gasteiger charge is 2.09. The van der Waals surface area contributed by atoms with Crippen molar-refractivity contribution in [2.24, 2.45) is 7.05 Å². The van der Waals surface area contributed by atoms with Crippen LogP contribution in [0.25, 0.3) is 10.9 Å². The van der Waals surface area contributed by atoms with Gasteiger partial charge >= 0.3 is 0 Å². The average Bonchev–Trinajstić information content (AvgIpc) is 2.91. The topological polar surface area (TPSA) is 34.0 Å². The Balaban J connectivity index is 1.47. The Morgan fingerprint density at radius 2 is 2.09 bits per heavy atom. The highest BCUT2D eigenvalue weighted by Crippen LogP contribution is 2.21. The molecule has 2 aromatic rings. The van der Waals surface area contributed by atoms with Gasteiger partial charge in [-0.25, -0.2) is 0 Å². The number of benzene rings is 1. The van der Waals surface area contributed by atoms with Crippen molar-refractivity contribution < 1.29 is 4.79 Å². The van der Waals surface area contributed by atoms with Gasteiger partial charge in [-0.05, 0) is 50.2 Å². The quantitative estimate of drug-likeness (QED) is 0.800. The number of carbonyl (C=O) groups is 1. The lowest BCUT2D eigenvalue weighted by molar-refractivity contribution is -0.121.